The van der Waals surface area contributed by atoms with Crippen molar-refractivity contribution < 1.29 is 34.8 Å². The van der Waals surface area contributed by atoms with E-state index in [0.717, 1.165) is 11.4 Å². The maximum atomic E-state index is 3.63. The fourth-order valence-corrected chi connectivity index (χ4v) is 2.44. The summed E-state index contributed by atoms with van der Waals surface area (Å²) in [6, 6.07) is 20.9. The van der Waals surface area contributed by atoms with Crippen LogP contribution in [0.2, 0.25) is 0 Å². The summed E-state index contributed by atoms with van der Waals surface area (Å²) >= 11 is 0. The van der Waals surface area contributed by atoms with Crippen molar-refractivity contribution >= 4 is 11.4 Å². The van der Waals surface area contributed by atoms with E-state index in [1.54, 1.807) is 0 Å². The summed E-state index contributed by atoms with van der Waals surface area (Å²) in [5.74, 6) is 0. The van der Waals surface area contributed by atoms with E-state index in [2.05, 4.69) is 107 Å². The molecule has 0 aliphatic heterocycles. The van der Waals surface area contributed by atoms with Crippen LogP contribution < -0.4 is 22.2 Å². The standard InChI is InChI=1S/C21H28N2.Au.ClH/c1-20(2,3)22(18-13-9-7-10-14-18)17-23(21(4,5)6)19-15-11-8-12-16-19;;/h7-16H,1-6H3;;1H/q;+1;/p-1. The molecule has 0 saturated heterocycles. The van der Waals surface area contributed by atoms with Crippen molar-refractivity contribution in [2.75, 3.05) is 9.80 Å². The van der Waals surface area contributed by atoms with Gasteiger partial charge in [0.2, 0.25) is 6.67 Å². The third-order valence-corrected chi connectivity index (χ3v) is 3.57. The maximum Gasteiger partial charge on any atom is 1.00 e. The van der Waals surface area contributed by atoms with E-state index in [9.17, 15) is 0 Å². The van der Waals surface area contributed by atoms with Gasteiger partial charge in [0.15, 0.2) is 0 Å². The van der Waals surface area contributed by atoms with E-state index < -0.39 is 0 Å². The molecule has 0 atom stereocenters. The molecule has 140 valence electrons. The molecule has 25 heavy (non-hydrogen) atoms. The normalized spacial score (nSPS) is 11.1. The molecule has 2 aromatic carbocycles. The zero-order valence-electron chi connectivity index (χ0n) is 15.8. The molecule has 2 radical (unpaired) electrons. The summed E-state index contributed by atoms with van der Waals surface area (Å²) in [6.07, 6.45) is 0. The molecule has 2 nitrogen and oxygen atoms in total. The number of halogens is 1. The Hall–Kier alpha value is -0.930. The summed E-state index contributed by atoms with van der Waals surface area (Å²) in [6.45, 7) is 16.9. The molecule has 0 aliphatic carbocycles. The van der Waals surface area contributed by atoms with Gasteiger partial charge in [-0.3, -0.25) is 0 Å². The molecule has 0 aliphatic rings. The predicted molar refractivity (Wildman–Crippen MR) is 101 cm³/mol. The second kappa shape index (κ2) is 9.68. The summed E-state index contributed by atoms with van der Waals surface area (Å²) in [5.41, 5.74) is 2.15. The van der Waals surface area contributed by atoms with E-state index >= 15 is 0 Å². The third kappa shape index (κ3) is 6.71. The van der Waals surface area contributed by atoms with Crippen LogP contribution in [-0.4, -0.2) is 11.1 Å². The molecule has 0 heterocycles. The fraction of sp³-hybridized carbons (Fsp3) is 0.381. The summed E-state index contributed by atoms with van der Waals surface area (Å²) in [7, 11) is 0. The largest absolute Gasteiger partial charge is 1.00 e. The Balaban J connectivity index is 0.00000288. The minimum atomic E-state index is -0.0698. The summed E-state index contributed by atoms with van der Waals surface area (Å²) in [5, 5.41) is 0. The topological polar surface area (TPSA) is 6.48 Å². The Morgan fingerprint density at radius 3 is 1.12 bits per heavy atom. The molecule has 2 aromatic rings. The van der Waals surface area contributed by atoms with E-state index in [1.165, 1.54) is 0 Å². The van der Waals surface area contributed by atoms with Crippen molar-refractivity contribution in [1.82, 2.24) is 0 Å². The summed E-state index contributed by atoms with van der Waals surface area (Å²) < 4.78 is 0. The van der Waals surface area contributed by atoms with Gasteiger partial charge in [0.05, 0.1) is 0 Å². The second-order valence-electron chi connectivity index (χ2n) is 7.78. The van der Waals surface area contributed by atoms with Gasteiger partial charge in [0, 0.05) is 22.5 Å². The minimum Gasteiger partial charge on any atom is -1.00 e. The van der Waals surface area contributed by atoms with E-state index in [0.29, 0.717) is 0 Å². The maximum absolute atomic E-state index is 3.63. The van der Waals surface area contributed by atoms with Crippen molar-refractivity contribution in [3.8, 4) is 0 Å². The summed E-state index contributed by atoms with van der Waals surface area (Å²) in [4.78, 5) is 4.43. The van der Waals surface area contributed by atoms with E-state index in [-0.39, 0.29) is 45.9 Å². The van der Waals surface area contributed by atoms with Gasteiger partial charge in [-0.1, -0.05) is 36.4 Å². The Bertz CT molecular complexity index is 548. The molecule has 0 fully saturated rings. The molecule has 0 aromatic heterocycles. The van der Waals surface area contributed by atoms with Crippen molar-refractivity contribution in [3.05, 3.63) is 67.3 Å². The average Bonchev–Trinajstić information content (AvgIpc) is 2.47. The molecular weight excluding hydrogens is 513 g/mol. The molecule has 0 N–H and O–H groups in total. The monoisotopic (exact) mass is 540 g/mol. The minimum absolute atomic E-state index is 0. The Kier molecular flexibility index (Phi) is 9.32. The number of hydrogen-bond donors (Lipinski definition) is 0. The van der Waals surface area contributed by atoms with Crippen LogP contribution in [0.15, 0.2) is 60.7 Å². The van der Waals surface area contributed by atoms with Crippen molar-refractivity contribution in [2.45, 2.75) is 52.6 Å². The predicted octanol–water partition coefficient (Wildman–Crippen LogP) is 2.59. The van der Waals surface area contributed by atoms with Gasteiger partial charge in [-0.15, -0.1) is 0 Å². The first-order valence-corrected chi connectivity index (χ1v) is 8.16. The van der Waals surface area contributed by atoms with E-state index in [4.69, 9.17) is 0 Å². The van der Waals surface area contributed by atoms with Crippen LogP contribution in [0.1, 0.15) is 41.5 Å². The molecule has 2 rings (SSSR count). The quantitative estimate of drug-likeness (QED) is 0.435. The van der Waals surface area contributed by atoms with Crippen LogP contribution in [0.4, 0.5) is 11.4 Å². The van der Waals surface area contributed by atoms with Gasteiger partial charge in [-0.05, 0) is 65.8 Å². The SMILES string of the molecule is CC(C)(C)N([C]N(c1ccccc1)C(C)(C)C)c1ccccc1.[Au+].[Cl-]. The zero-order chi connectivity index (χ0) is 17.1. The molecule has 0 amide bonds. The van der Waals surface area contributed by atoms with Crippen LogP contribution in [0.3, 0.4) is 0 Å². The zero-order valence-corrected chi connectivity index (χ0v) is 18.8. The van der Waals surface area contributed by atoms with E-state index in [1.807, 2.05) is 12.1 Å². The Morgan fingerprint density at radius 2 is 0.880 bits per heavy atom. The first kappa shape index (κ1) is 24.1. The smallest absolute Gasteiger partial charge is 1.00 e. The van der Waals surface area contributed by atoms with Crippen LogP contribution >= 0.6 is 0 Å². The molecule has 0 saturated carbocycles. The van der Waals surface area contributed by atoms with Crippen molar-refractivity contribution in [3.63, 3.8) is 0 Å². The van der Waals surface area contributed by atoms with Crippen LogP contribution in [-0.2, 0) is 22.4 Å². The van der Waals surface area contributed by atoms with Crippen molar-refractivity contribution in [2.24, 2.45) is 0 Å². The molecule has 0 bridgehead atoms. The number of hydrogen-bond acceptors (Lipinski definition) is 2. The van der Waals surface area contributed by atoms with Gasteiger partial charge in [-0.25, -0.2) is 0 Å². The number of benzene rings is 2. The molecule has 0 unspecified atom stereocenters. The van der Waals surface area contributed by atoms with Crippen LogP contribution in [0.5, 0.6) is 0 Å². The van der Waals surface area contributed by atoms with Gasteiger partial charge < -0.3 is 22.2 Å². The first-order valence-electron chi connectivity index (χ1n) is 8.16. The number of nitrogens with zero attached hydrogens (tertiary/aromatic N) is 2. The van der Waals surface area contributed by atoms with Crippen molar-refractivity contribution in [1.29, 1.82) is 0 Å². The van der Waals surface area contributed by atoms with Crippen LogP contribution in [0.25, 0.3) is 0 Å². The molecular formula is C21H28AuClN2. The number of para-hydroxylation sites is 2. The Morgan fingerprint density at radius 1 is 0.600 bits per heavy atom. The average molecular weight is 541 g/mol. The second-order valence-corrected chi connectivity index (χ2v) is 7.78. The van der Waals surface area contributed by atoms with Gasteiger partial charge in [-0.2, -0.15) is 0 Å². The number of rotatable bonds is 4. The molecule has 4 heteroatoms. The third-order valence-electron chi connectivity index (χ3n) is 3.57. The Labute approximate surface area is 175 Å². The fourth-order valence-electron chi connectivity index (χ4n) is 2.44. The van der Waals surface area contributed by atoms with Gasteiger partial charge in [0.1, 0.15) is 0 Å². The first-order chi connectivity index (χ1) is 10.7. The van der Waals surface area contributed by atoms with Gasteiger partial charge >= 0.3 is 22.4 Å². The van der Waals surface area contributed by atoms with Gasteiger partial charge in [0.25, 0.3) is 0 Å². The van der Waals surface area contributed by atoms with Crippen LogP contribution in [0, 0.1) is 6.67 Å². The number of anilines is 2. The molecule has 0 spiro atoms.